The third kappa shape index (κ3) is 6.49. The van der Waals surface area contributed by atoms with E-state index in [1.165, 1.54) is 6.26 Å². The van der Waals surface area contributed by atoms with Gasteiger partial charge in [-0.25, -0.2) is 14.3 Å². The number of benzene rings is 3. The van der Waals surface area contributed by atoms with Crippen molar-refractivity contribution in [1.82, 2.24) is 9.78 Å². The zero-order valence-corrected chi connectivity index (χ0v) is 23.7. The van der Waals surface area contributed by atoms with Crippen molar-refractivity contribution in [3.8, 4) is 5.69 Å². The summed E-state index contributed by atoms with van der Waals surface area (Å²) in [5.41, 5.74) is 4.50. The van der Waals surface area contributed by atoms with Gasteiger partial charge in [0, 0.05) is 16.9 Å². The van der Waals surface area contributed by atoms with Crippen LogP contribution in [0.1, 0.15) is 54.6 Å². The van der Waals surface area contributed by atoms with Gasteiger partial charge in [0.05, 0.1) is 29.9 Å². The molecule has 5 rings (SSSR count). The van der Waals surface area contributed by atoms with Crippen LogP contribution in [0.5, 0.6) is 0 Å². The molecule has 2 aromatic heterocycles. The van der Waals surface area contributed by atoms with Gasteiger partial charge < -0.3 is 14.5 Å². The highest BCUT2D eigenvalue weighted by molar-refractivity contribution is 6.06. The molecule has 0 unspecified atom stereocenters. The van der Waals surface area contributed by atoms with E-state index in [0.717, 1.165) is 33.3 Å². The van der Waals surface area contributed by atoms with Crippen molar-refractivity contribution < 1.29 is 18.7 Å². The summed E-state index contributed by atoms with van der Waals surface area (Å²) in [6.07, 6.45) is 2.81. The van der Waals surface area contributed by atoms with E-state index in [4.69, 9.17) is 14.3 Å². The molecule has 8 heteroatoms. The van der Waals surface area contributed by atoms with Crippen LogP contribution in [0.15, 0.2) is 89.5 Å². The number of esters is 1. The van der Waals surface area contributed by atoms with E-state index in [0.29, 0.717) is 24.3 Å². The molecule has 41 heavy (non-hydrogen) atoms. The van der Waals surface area contributed by atoms with E-state index in [1.54, 1.807) is 16.8 Å². The van der Waals surface area contributed by atoms with Crippen molar-refractivity contribution in [3.63, 3.8) is 0 Å². The summed E-state index contributed by atoms with van der Waals surface area (Å²) >= 11 is 0. The third-order valence-corrected chi connectivity index (χ3v) is 6.81. The number of ether oxygens (including phenoxy) is 1. The van der Waals surface area contributed by atoms with Gasteiger partial charge in [-0.1, -0.05) is 68.8 Å². The number of nitrogens with one attached hydrogen (secondary N) is 2. The van der Waals surface area contributed by atoms with E-state index < -0.39 is 5.97 Å². The lowest BCUT2D eigenvalue weighted by molar-refractivity contribution is 0.0464. The minimum absolute atomic E-state index is 0.189. The van der Waals surface area contributed by atoms with Crippen molar-refractivity contribution in [2.24, 2.45) is 0 Å². The highest BCUT2D eigenvalue weighted by Crippen LogP contribution is 2.29. The standard InChI is InChI=1S/C33H34N4O4/c1-22-13-16-24(17-14-22)37-30(21-29(36-37)33(2,3)4)35-32(39)34-27-18-15-23(25-10-5-6-11-26(25)27)9-7-20-41-31(38)28-12-8-19-40-28/h5-6,8,10-19,21H,7,9,20H2,1-4H3,(H2,34,35,39). The van der Waals surface area contributed by atoms with E-state index in [9.17, 15) is 9.59 Å². The summed E-state index contributed by atoms with van der Waals surface area (Å²) in [6, 6.07) is 24.7. The molecule has 2 heterocycles. The average molecular weight is 551 g/mol. The maximum Gasteiger partial charge on any atom is 0.374 e. The van der Waals surface area contributed by atoms with Crippen LogP contribution in [0, 0.1) is 6.92 Å². The number of carbonyl (C=O) groups excluding carboxylic acids is 2. The second-order valence-electron chi connectivity index (χ2n) is 11.0. The van der Waals surface area contributed by atoms with Crippen LogP contribution in [-0.2, 0) is 16.6 Å². The summed E-state index contributed by atoms with van der Waals surface area (Å²) in [6.45, 7) is 8.59. The van der Waals surface area contributed by atoms with Crippen molar-refractivity contribution in [2.45, 2.75) is 46.0 Å². The Morgan fingerprint density at radius 2 is 1.68 bits per heavy atom. The van der Waals surface area contributed by atoms with E-state index in [2.05, 4.69) is 31.4 Å². The zero-order valence-electron chi connectivity index (χ0n) is 23.7. The molecule has 0 radical (unpaired) electrons. The van der Waals surface area contributed by atoms with E-state index >= 15 is 0 Å². The van der Waals surface area contributed by atoms with Gasteiger partial charge in [0.2, 0.25) is 5.76 Å². The fourth-order valence-electron chi connectivity index (χ4n) is 4.57. The monoisotopic (exact) mass is 550 g/mol. The van der Waals surface area contributed by atoms with Crippen LogP contribution >= 0.6 is 0 Å². The number of carbonyl (C=O) groups is 2. The predicted octanol–water partition coefficient (Wildman–Crippen LogP) is 7.66. The summed E-state index contributed by atoms with van der Waals surface area (Å²) in [5, 5.41) is 12.8. The number of furan rings is 1. The number of aromatic nitrogens is 2. The molecule has 0 fully saturated rings. The first-order chi connectivity index (χ1) is 19.7. The SMILES string of the molecule is Cc1ccc(-n2nc(C(C)(C)C)cc2NC(=O)Nc2ccc(CCCOC(=O)c3ccco3)c3ccccc23)cc1. The number of nitrogens with zero attached hydrogens (tertiary/aromatic N) is 2. The number of rotatable bonds is 8. The van der Waals surface area contributed by atoms with Crippen LogP contribution in [0.4, 0.5) is 16.3 Å². The summed E-state index contributed by atoms with van der Waals surface area (Å²) in [5.74, 6) is 0.311. The number of hydrogen-bond donors (Lipinski definition) is 2. The summed E-state index contributed by atoms with van der Waals surface area (Å²) in [4.78, 5) is 25.3. The Balaban J connectivity index is 1.30. The van der Waals surface area contributed by atoms with Gasteiger partial charge in [-0.15, -0.1) is 0 Å². The topological polar surface area (TPSA) is 98.4 Å². The Morgan fingerprint density at radius 1 is 0.927 bits per heavy atom. The summed E-state index contributed by atoms with van der Waals surface area (Å²) in [7, 11) is 0. The first-order valence-corrected chi connectivity index (χ1v) is 13.7. The van der Waals surface area contributed by atoms with Crippen LogP contribution in [0.25, 0.3) is 16.5 Å². The molecule has 0 saturated heterocycles. The van der Waals surface area contributed by atoms with Crippen molar-refractivity contribution in [3.05, 3.63) is 108 Å². The van der Waals surface area contributed by atoms with Gasteiger partial charge in [0.25, 0.3) is 0 Å². The Hall–Kier alpha value is -4.85. The maximum atomic E-state index is 13.3. The number of amides is 2. The van der Waals surface area contributed by atoms with Crippen LogP contribution in [0.3, 0.4) is 0 Å². The van der Waals surface area contributed by atoms with E-state index in [1.807, 2.05) is 73.7 Å². The van der Waals surface area contributed by atoms with Gasteiger partial charge in [-0.3, -0.25) is 5.32 Å². The first kappa shape index (κ1) is 27.7. The molecule has 0 aliphatic carbocycles. The molecule has 0 atom stereocenters. The molecule has 0 saturated carbocycles. The number of urea groups is 1. The second-order valence-corrected chi connectivity index (χ2v) is 11.0. The molecular formula is C33H34N4O4. The number of anilines is 2. The minimum atomic E-state index is -0.469. The molecule has 5 aromatic rings. The Morgan fingerprint density at radius 3 is 2.39 bits per heavy atom. The molecule has 0 aliphatic rings. The van der Waals surface area contributed by atoms with Crippen molar-refractivity contribution >= 4 is 34.3 Å². The quantitative estimate of drug-likeness (QED) is 0.153. The average Bonchev–Trinajstić information content (AvgIpc) is 3.63. The van der Waals surface area contributed by atoms with Gasteiger partial charge in [0.1, 0.15) is 5.82 Å². The van der Waals surface area contributed by atoms with Crippen LogP contribution < -0.4 is 10.6 Å². The van der Waals surface area contributed by atoms with Crippen LogP contribution in [0.2, 0.25) is 0 Å². The largest absolute Gasteiger partial charge is 0.460 e. The lowest BCUT2D eigenvalue weighted by Crippen LogP contribution is -2.21. The highest BCUT2D eigenvalue weighted by Gasteiger charge is 2.22. The van der Waals surface area contributed by atoms with Gasteiger partial charge in [0.15, 0.2) is 0 Å². The predicted molar refractivity (Wildman–Crippen MR) is 161 cm³/mol. The number of aryl methyl sites for hydroxylation is 2. The molecule has 8 nitrogen and oxygen atoms in total. The van der Waals surface area contributed by atoms with Gasteiger partial charge in [-0.05, 0) is 61.0 Å². The third-order valence-electron chi connectivity index (χ3n) is 6.81. The lowest BCUT2D eigenvalue weighted by Gasteiger charge is -2.14. The molecule has 210 valence electrons. The second kappa shape index (κ2) is 11.7. The number of fused-ring (bicyclic) bond motifs is 1. The zero-order chi connectivity index (χ0) is 29.0. The summed E-state index contributed by atoms with van der Waals surface area (Å²) < 4.78 is 12.2. The maximum absolute atomic E-state index is 13.3. The fraction of sp³-hybridized carbons (Fsp3) is 0.242. The molecule has 0 aliphatic heterocycles. The van der Waals surface area contributed by atoms with Crippen molar-refractivity contribution in [1.29, 1.82) is 0 Å². The lowest BCUT2D eigenvalue weighted by atomic mass is 9.92. The molecule has 2 N–H and O–H groups in total. The highest BCUT2D eigenvalue weighted by atomic mass is 16.5. The van der Waals surface area contributed by atoms with Gasteiger partial charge >= 0.3 is 12.0 Å². The molecule has 3 aromatic carbocycles. The molecule has 2 amide bonds. The molecule has 0 spiro atoms. The molecule has 0 bridgehead atoms. The molecular weight excluding hydrogens is 516 g/mol. The normalized spacial score (nSPS) is 11.4. The smallest absolute Gasteiger partial charge is 0.374 e. The van der Waals surface area contributed by atoms with Crippen LogP contribution in [-0.4, -0.2) is 28.4 Å². The van der Waals surface area contributed by atoms with Crippen molar-refractivity contribution in [2.75, 3.05) is 17.2 Å². The first-order valence-electron chi connectivity index (χ1n) is 13.7. The number of hydrogen-bond acceptors (Lipinski definition) is 5. The van der Waals surface area contributed by atoms with E-state index in [-0.39, 0.29) is 23.8 Å². The Bertz CT molecular complexity index is 1660. The Labute approximate surface area is 239 Å². The fourth-order valence-corrected chi connectivity index (χ4v) is 4.57. The minimum Gasteiger partial charge on any atom is -0.460 e. The Kier molecular flexibility index (Phi) is 7.92. The van der Waals surface area contributed by atoms with Gasteiger partial charge in [-0.2, -0.15) is 5.10 Å².